The van der Waals surface area contributed by atoms with Crippen molar-refractivity contribution in [3.63, 3.8) is 0 Å². The molecule has 0 bridgehead atoms. The number of allylic oxidation sites excluding steroid dienone is 1. The lowest BCUT2D eigenvalue weighted by Gasteiger charge is -2.25. The average Bonchev–Trinajstić information content (AvgIpc) is 1.97. The first kappa shape index (κ1) is 14.2. The fraction of sp³-hybridized carbons (Fsp3) is 0.778. The Morgan fingerprint density at radius 2 is 1.86 bits per heavy atom. The Morgan fingerprint density at radius 3 is 2.21 bits per heavy atom. The van der Waals surface area contributed by atoms with E-state index in [4.69, 9.17) is 0 Å². The first-order valence-corrected chi connectivity index (χ1v) is 5.46. The van der Waals surface area contributed by atoms with Gasteiger partial charge in [0.15, 0.2) is 0 Å². The molecule has 84 valence electrons. The third-order valence-electron chi connectivity index (χ3n) is 1.88. The predicted molar refractivity (Wildman–Crippen MR) is 57.4 cm³/mol. The van der Waals surface area contributed by atoms with Crippen LogP contribution < -0.4 is 0 Å². The van der Waals surface area contributed by atoms with E-state index in [9.17, 15) is 17.6 Å². The Hall–Kier alpha value is 0.190. The predicted octanol–water partition coefficient (Wildman–Crippen LogP) is 4.44. The van der Waals surface area contributed by atoms with Gasteiger partial charge in [0.25, 0.3) is 0 Å². The van der Waals surface area contributed by atoms with Crippen LogP contribution in [0.3, 0.4) is 0 Å². The number of rotatable bonds is 5. The van der Waals surface area contributed by atoms with Gasteiger partial charge in [-0.3, -0.25) is 0 Å². The van der Waals surface area contributed by atoms with Gasteiger partial charge in [0, 0.05) is 10.3 Å². The molecule has 0 aromatic carbocycles. The van der Waals surface area contributed by atoms with Gasteiger partial charge in [-0.1, -0.05) is 28.7 Å². The standard InChI is InChI=1S/C9H13F4I/c1-3-4-5-7(14)6-8(2,10)9(11,12)13/h3,7H,1,4-6H2,2H3. The normalized spacial score (nSPS) is 18.7. The van der Waals surface area contributed by atoms with Gasteiger partial charge in [-0.25, -0.2) is 4.39 Å². The van der Waals surface area contributed by atoms with Crippen molar-refractivity contribution in [2.45, 2.75) is 42.0 Å². The van der Waals surface area contributed by atoms with Gasteiger partial charge in [-0.15, -0.1) is 6.58 Å². The summed E-state index contributed by atoms with van der Waals surface area (Å²) in [7, 11) is 0. The Morgan fingerprint density at radius 1 is 1.36 bits per heavy atom. The van der Waals surface area contributed by atoms with Gasteiger partial charge in [-0.05, 0) is 19.8 Å². The Bertz CT molecular complexity index is 186. The second kappa shape index (κ2) is 5.32. The van der Waals surface area contributed by atoms with E-state index in [1.807, 2.05) is 22.6 Å². The molecule has 2 unspecified atom stereocenters. The zero-order valence-electron chi connectivity index (χ0n) is 7.87. The molecule has 0 aliphatic rings. The topological polar surface area (TPSA) is 0 Å². The van der Waals surface area contributed by atoms with Crippen LogP contribution in [-0.2, 0) is 0 Å². The molecule has 0 N–H and O–H groups in total. The SMILES string of the molecule is C=CCCC(I)CC(C)(F)C(F)(F)F. The minimum Gasteiger partial charge on any atom is -0.234 e. The van der Waals surface area contributed by atoms with Crippen molar-refractivity contribution in [1.82, 2.24) is 0 Å². The summed E-state index contributed by atoms with van der Waals surface area (Å²) in [5.74, 6) is 0. The van der Waals surface area contributed by atoms with Crippen molar-refractivity contribution in [3.05, 3.63) is 12.7 Å². The van der Waals surface area contributed by atoms with Crippen LogP contribution in [0.15, 0.2) is 12.7 Å². The molecular formula is C9H13F4I. The fourth-order valence-corrected chi connectivity index (χ4v) is 2.12. The van der Waals surface area contributed by atoms with Crippen LogP contribution >= 0.6 is 22.6 Å². The average molecular weight is 324 g/mol. The number of hydrogen-bond acceptors (Lipinski definition) is 0. The van der Waals surface area contributed by atoms with Crippen LogP contribution in [-0.4, -0.2) is 15.8 Å². The van der Waals surface area contributed by atoms with Crippen LogP contribution in [0.1, 0.15) is 26.2 Å². The molecule has 0 nitrogen and oxygen atoms in total. The van der Waals surface area contributed by atoms with E-state index in [0.29, 0.717) is 19.8 Å². The van der Waals surface area contributed by atoms with E-state index >= 15 is 0 Å². The molecule has 0 saturated heterocycles. The molecule has 0 amide bonds. The Balaban J connectivity index is 4.15. The van der Waals surface area contributed by atoms with Crippen molar-refractivity contribution in [2.24, 2.45) is 0 Å². The Kier molecular flexibility index (Phi) is 5.39. The summed E-state index contributed by atoms with van der Waals surface area (Å²) < 4.78 is 49.2. The maximum absolute atomic E-state index is 13.1. The van der Waals surface area contributed by atoms with Gasteiger partial charge in [0.2, 0.25) is 5.67 Å². The number of halogens is 5. The summed E-state index contributed by atoms with van der Waals surface area (Å²) >= 11 is 1.84. The highest BCUT2D eigenvalue weighted by Crippen LogP contribution is 2.39. The number of hydrogen-bond donors (Lipinski definition) is 0. The molecule has 0 heterocycles. The first-order valence-electron chi connectivity index (χ1n) is 4.21. The van der Waals surface area contributed by atoms with Crippen molar-refractivity contribution >= 4 is 22.6 Å². The third-order valence-corrected chi connectivity index (χ3v) is 2.94. The van der Waals surface area contributed by atoms with E-state index < -0.39 is 18.3 Å². The maximum atomic E-state index is 13.1. The van der Waals surface area contributed by atoms with Gasteiger partial charge < -0.3 is 0 Å². The lowest BCUT2D eigenvalue weighted by Crippen LogP contribution is -2.39. The lowest BCUT2D eigenvalue weighted by atomic mass is 9.99. The van der Waals surface area contributed by atoms with Gasteiger partial charge in [0.05, 0.1) is 0 Å². The number of alkyl halides is 5. The van der Waals surface area contributed by atoms with Crippen LogP contribution in [0.2, 0.25) is 0 Å². The van der Waals surface area contributed by atoms with E-state index in [1.165, 1.54) is 0 Å². The largest absolute Gasteiger partial charge is 0.422 e. The highest BCUT2D eigenvalue weighted by molar-refractivity contribution is 14.1. The molecule has 5 heteroatoms. The fourth-order valence-electron chi connectivity index (χ4n) is 0.932. The summed E-state index contributed by atoms with van der Waals surface area (Å²) in [5, 5.41) is 0. The molecule has 0 rings (SSSR count). The summed E-state index contributed by atoms with van der Waals surface area (Å²) in [6.45, 7) is 4.05. The lowest BCUT2D eigenvalue weighted by molar-refractivity contribution is -0.225. The molecule has 0 spiro atoms. The van der Waals surface area contributed by atoms with Crippen LogP contribution in [0.5, 0.6) is 0 Å². The monoisotopic (exact) mass is 324 g/mol. The third kappa shape index (κ3) is 4.61. The van der Waals surface area contributed by atoms with Gasteiger partial charge >= 0.3 is 6.18 Å². The minimum absolute atomic E-state index is 0.317. The minimum atomic E-state index is -4.77. The van der Waals surface area contributed by atoms with Gasteiger partial charge in [0.1, 0.15) is 0 Å². The second-order valence-electron chi connectivity index (χ2n) is 3.36. The molecule has 2 atom stereocenters. The molecule has 0 aromatic rings. The molecule has 0 aliphatic heterocycles. The van der Waals surface area contributed by atoms with Crippen LogP contribution in [0.25, 0.3) is 0 Å². The summed E-state index contributed by atoms with van der Waals surface area (Å²) in [4.78, 5) is 0. The molecule has 0 fully saturated rings. The van der Waals surface area contributed by atoms with Crippen LogP contribution in [0.4, 0.5) is 17.6 Å². The quantitative estimate of drug-likeness (QED) is 0.304. The summed E-state index contributed by atoms with van der Waals surface area (Å²) in [5.41, 5.74) is -3.08. The van der Waals surface area contributed by atoms with Crippen molar-refractivity contribution in [2.75, 3.05) is 0 Å². The summed E-state index contributed by atoms with van der Waals surface area (Å²) in [6, 6.07) is 0. The molecule has 0 saturated carbocycles. The smallest absolute Gasteiger partial charge is 0.234 e. The maximum Gasteiger partial charge on any atom is 0.422 e. The van der Waals surface area contributed by atoms with Crippen molar-refractivity contribution in [3.8, 4) is 0 Å². The molecule has 0 aromatic heterocycles. The second-order valence-corrected chi connectivity index (χ2v) is 5.12. The molecule has 0 aliphatic carbocycles. The van der Waals surface area contributed by atoms with E-state index in [2.05, 4.69) is 6.58 Å². The zero-order valence-corrected chi connectivity index (χ0v) is 10.0. The molecular weight excluding hydrogens is 311 g/mol. The molecule has 14 heavy (non-hydrogen) atoms. The van der Waals surface area contributed by atoms with Gasteiger partial charge in [-0.2, -0.15) is 13.2 Å². The van der Waals surface area contributed by atoms with Crippen LogP contribution in [0, 0.1) is 0 Å². The van der Waals surface area contributed by atoms with Crippen molar-refractivity contribution in [1.29, 1.82) is 0 Å². The van der Waals surface area contributed by atoms with E-state index in [-0.39, 0.29) is 3.92 Å². The van der Waals surface area contributed by atoms with E-state index in [0.717, 1.165) is 0 Å². The highest BCUT2D eigenvalue weighted by Gasteiger charge is 2.52. The highest BCUT2D eigenvalue weighted by atomic mass is 127. The first-order chi connectivity index (χ1) is 6.20. The summed E-state index contributed by atoms with van der Waals surface area (Å²) in [6.07, 6.45) is -2.51. The Labute approximate surface area is 94.9 Å². The molecule has 0 radical (unpaired) electrons. The van der Waals surface area contributed by atoms with E-state index in [1.54, 1.807) is 6.08 Å². The van der Waals surface area contributed by atoms with Crippen molar-refractivity contribution < 1.29 is 17.6 Å². The zero-order chi connectivity index (χ0) is 11.4.